The molecule has 0 saturated carbocycles. The van der Waals surface area contributed by atoms with E-state index in [0.717, 1.165) is 35.5 Å². The van der Waals surface area contributed by atoms with Crippen molar-refractivity contribution >= 4 is 29.2 Å². The van der Waals surface area contributed by atoms with E-state index in [1.165, 1.54) is 0 Å². The first-order valence-corrected chi connectivity index (χ1v) is 13.5. The summed E-state index contributed by atoms with van der Waals surface area (Å²) < 4.78 is 11.9. The standard InChI is InChI=1S/C27H41NO6S/c1-15-9-8-10-20-21(33-20)13-27(7,16(2)11-19-14-35-18(4)28-19)34-23(30)12-22(29)26(5,6)25(32)17(3)24(15)31/h11,14-15,17,20-22,24,29,31H,8-10,12-13H2,1-7H3/b16-11+/t15-,17+,20+,21-,22-,24-,27-/m0/s1. The van der Waals surface area contributed by atoms with Crippen LogP contribution in [-0.4, -0.2) is 57.0 Å². The second kappa shape index (κ2) is 10.8. The quantitative estimate of drug-likeness (QED) is 0.449. The van der Waals surface area contributed by atoms with E-state index < -0.39 is 35.1 Å². The Labute approximate surface area is 212 Å². The van der Waals surface area contributed by atoms with E-state index in [1.807, 2.05) is 39.2 Å². The van der Waals surface area contributed by atoms with Crippen LogP contribution in [0.25, 0.3) is 6.08 Å². The number of aromatic nitrogens is 1. The number of aliphatic hydroxyl groups is 2. The molecule has 2 aliphatic heterocycles. The van der Waals surface area contributed by atoms with Crippen molar-refractivity contribution in [1.82, 2.24) is 4.98 Å². The number of nitrogens with zero attached hydrogens (tertiary/aromatic N) is 1. The lowest BCUT2D eigenvalue weighted by Gasteiger charge is -2.35. The zero-order valence-electron chi connectivity index (χ0n) is 22.0. The highest BCUT2D eigenvalue weighted by atomic mass is 32.1. The Morgan fingerprint density at radius 1 is 1.17 bits per heavy atom. The third-order valence-corrected chi connectivity index (χ3v) is 8.73. The van der Waals surface area contributed by atoms with Crippen LogP contribution in [0.1, 0.15) is 84.3 Å². The average Bonchev–Trinajstić information content (AvgIpc) is 3.37. The van der Waals surface area contributed by atoms with E-state index in [1.54, 1.807) is 32.1 Å². The summed E-state index contributed by atoms with van der Waals surface area (Å²) >= 11 is 1.56. The third kappa shape index (κ3) is 6.59. The molecule has 0 bridgehead atoms. The highest BCUT2D eigenvalue weighted by Gasteiger charge is 2.47. The molecule has 0 amide bonds. The molecule has 0 radical (unpaired) electrons. The number of aryl methyl sites for hydroxylation is 1. The minimum Gasteiger partial charge on any atom is -0.455 e. The zero-order valence-corrected chi connectivity index (χ0v) is 22.9. The average molecular weight is 508 g/mol. The molecular formula is C27H41NO6S. The molecule has 1 aromatic heterocycles. The van der Waals surface area contributed by atoms with Gasteiger partial charge in [0.15, 0.2) is 0 Å². The molecule has 7 atom stereocenters. The van der Waals surface area contributed by atoms with Crippen LogP contribution in [-0.2, 0) is 19.1 Å². The van der Waals surface area contributed by atoms with Crippen molar-refractivity contribution in [2.75, 3.05) is 0 Å². The molecule has 1 aromatic rings. The van der Waals surface area contributed by atoms with Crippen LogP contribution in [0.4, 0.5) is 0 Å². The van der Waals surface area contributed by atoms with Gasteiger partial charge < -0.3 is 19.7 Å². The summed E-state index contributed by atoms with van der Waals surface area (Å²) in [6.07, 6.45) is 2.64. The van der Waals surface area contributed by atoms with Crippen LogP contribution in [0.15, 0.2) is 11.0 Å². The number of carbonyl (C=O) groups is 2. The molecular weight excluding hydrogens is 466 g/mol. The molecule has 0 spiro atoms. The van der Waals surface area contributed by atoms with Crippen molar-refractivity contribution in [3.8, 4) is 0 Å². The van der Waals surface area contributed by atoms with Crippen molar-refractivity contribution < 1.29 is 29.3 Å². The van der Waals surface area contributed by atoms with Gasteiger partial charge in [0, 0.05) is 17.7 Å². The minimum atomic E-state index is -1.24. The molecule has 3 heterocycles. The van der Waals surface area contributed by atoms with Gasteiger partial charge in [-0.2, -0.15) is 0 Å². The van der Waals surface area contributed by atoms with E-state index >= 15 is 0 Å². The van der Waals surface area contributed by atoms with Crippen LogP contribution < -0.4 is 0 Å². The van der Waals surface area contributed by atoms with Crippen LogP contribution in [0.3, 0.4) is 0 Å². The highest BCUT2D eigenvalue weighted by Crippen LogP contribution is 2.40. The molecule has 3 rings (SSSR count). The van der Waals surface area contributed by atoms with Gasteiger partial charge in [0.1, 0.15) is 11.4 Å². The summed E-state index contributed by atoms with van der Waals surface area (Å²) in [5, 5.41) is 24.6. The first-order chi connectivity index (χ1) is 16.2. The Morgan fingerprint density at radius 2 is 1.86 bits per heavy atom. The van der Waals surface area contributed by atoms with Crippen LogP contribution in [0, 0.1) is 24.2 Å². The summed E-state index contributed by atoms with van der Waals surface area (Å²) in [6.45, 7) is 12.6. The lowest BCUT2D eigenvalue weighted by molar-refractivity contribution is -0.161. The molecule has 2 fully saturated rings. The fourth-order valence-corrected chi connectivity index (χ4v) is 5.59. The fraction of sp³-hybridized carbons (Fsp3) is 0.741. The lowest BCUT2D eigenvalue weighted by Crippen LogP contribution is -2.46. The molecule has 35 heavy (non-hydrogen) atoms. The number of cyclic esters (lactones) is 1. The van der Waals surface area contributed by atoms with Crippen molar-refractivity contribution in [3.05, 3.63) is 21.7 Å². The van der Waals surface area contributed by atoms with Gasteiger partial charge in [-0.3, -0.25) is 9.59 Å². The number of hydrogen-bond acceptors (Lipinski definition) is 8. The van der Waals surface area contributed by atoms with Gasteiger partial charge >= 0.3 is 5.97 Å². The van der Waals surface area contributed by atoms with Crippen molar-refractivity contribution in [1.29, 1.82) is 0 Å². The van der Waals surface area contributed by atoms with Gasteiger partial charge in [-0.05, 0) is 51.2 Å². The van der Waals surface area contributed by atoms with Gasteiger partial charge in [-0.25, -0.2) is 4.98 Å². The summed E-state index contributed by atoms with van der Waals surface area (Å²) in [7, 11) is 0. The molecule has 0 aromatic carbocycles. The third-order valence-electron chi connectivity index (χ3n) is 7.94. The number of Topliss-reactive ketones (excluding diaryl/α,β-unsaturated/α-hetero) is 1. The summed E-state index contributed by atoms with van der Waals surface area (Å²) in [6, 6.07) is 0. The molecule has 2 aliphatic rings. The van der Waals surface area contributed by atoms with Crippen LogP contribution in [0.2, 0.25) is 0 Å². The predicted octanol–water partition coefficient (Wildman–Crippen LogP) is 4.48. The fourth-order valence-electron chi connectivity index (χ4n) is 5.02. The second-order valence-electron chi connectivity index (χ2n) is 11.2. The van der Waals surface area contributed by atoms with Gasteiger partial charge in [-0.15, -0.1) is 11.3 Å². The van der Waals surface area contributed by atoms with Crippen molar-refractivity contribution in [2.45, 2.75) is 111 Å². The number of esters is 1. The number of ketones is 1. The number of fused-ring (bicyclic) bond motifs is 1. The first kappa shape index (κ1) is 28.0. The molecule has 8 heteroatoms. The summed E-state index contributed by atoms with van der Waals surface area (Å²) in [4.78, 5) is 30.8. The maximum absolute atomic E-state index is 13.2. The largest absolute Gasteiger partial charge is 0.455 e. The highest BCUT2D eigenvalue weighted by molar-refractivity contribution is 7.09. The first-order valence-electron chi connectivity index (χ1n) is 12.6. The van der Waals surface area contributed by atoms with Crippen molar-refractivity contribution in [2.24, 2.45) is 17.3 Å². The van der Waals surface area contributed by atoms with E-state index in [0.29, 0.717) is 6.42 Å². The van der Waals surface area contributed by atoms with E-state index in [-0.39, 0.29) is 30.3 Å². The minimum absolute atomic E-state index is 0.0247. The summed E-state index contributed by atoms with van der Waals surface area (Å²) in [5.41, 5.74) is -0.478. The Kier molecular flexibility index (Phi) is 8.62. The molecule has 0 unspecified atom stereocenters. The van der Waals surface area contributed by atoms with Gasteiger partial charge in [0.05, 0.1) is 47.0 Å². The number of carbonyl (C=O) groups excluding carboxylic acids is 2. The Morgan fingerprint density at radius 3 is 2.49 bits per heavy atom. The maximum atomic E-state index is 13.2. The van der Waals surface area contributed by atoms with Gasteiger partial charge in [0.2, 0.25) is 0 Å². The second-order valence-corrected chi connectivity index (χ2v) is 12.3. The Balaban J connectivity index is 1.87. The van der Waals surface area contributed by atoms with Crippen LogP contribution >= 0.6 is 11.3 Å². The Hall–Kier alpha value is -1.61. The monoisotopic (exact) mass is 507 g/mol. The lowest BCUT2D eigenvalue weighted by atomic mass is 9.73. The number of thiazole rings is 1. The SMILES string of the molecule is C/C(=C\c1csc(C)n1)[C@]1(C)C[C@@H]2O[C@@H]2CCC[C@H](C)[C@H](O)[C@@H](C)C(=O)C(C)(C)[C@@H](O)CC(=O)O1. The smallest absolute Gasteiger partial charge is 0.309 e. The normalized spacial score (nSPS) is 37.5. The van der Waals surface area contributed by atoms with E-state index in [4.69, 9.17) is 9.47 Å². The number of aliphatic hydroxyl groups excluding tert-OH is 2. The van der Waals surface area contributed by atoms with Gasteiger partial charge in [-0.1, -0.05) is 34.1 Å². The number of hydrogen-bond donors (Lipinski definition) is 2. The number of rotatable bonds is 2. The van der Waals surface area contributed by atoms with Crippen molar-refractivity contribution in [3.63, 3.8) is 0 Å². The molecule has 2 saturated heterocycles. The van der Waals surface area contributed by atoms with E-state index in [9.17, 15) is 19.8 Å². The number of epoxide rings is 1. The van der Waals surface area contributed by atoms with Gasteiger partial charge in [0.25, 0.3) is 0 Å². The maximum Gasteiger partial charge on any atom is 0.309 e. The summed E-state index contributed by atoms with van der Waals surface area (Å²) in [5.74, 6) is -1.55. The molecule has 196 valence electrons. The predicted molar refractivity (Wildman–Crippen MR) is 136 cm³/mol. The number of ether oxygens (including phenoxy) is 2. The van der Waals surface area contributed by atoms with Crippen LogP contribution in [0.5, 0.6) is 0 Å². The van der Waals surface area contributed by atoms with E-state index in [2.05, 4.69) is 4.98 Å². The Bertz CT molecular complexity index is 955. The molecule has 2 N–H and O–H groups in total. The topological polar surface area (TPSA) is 109 Å². The molecule has 7 nitrogen and oxygen atoms in total. The zero-order chi connectivity index (χ0) is 26.1. The molecule has 0 aliphatic carbocycles.